The number of rotatable bonds is 7. The van der Waals surface area contributed by atoms with Crippen LogP contribution >= 0.6 is 0 Å². The molecule has 3 rings (SSSR count). The summed E-state index contributed by atoms with van der Waals surface area (Å²) in [6, 6.07) is 12.0. The summed E-state index contributed by atoms with van der Waals surface area (Å²) in [4.78, 5) is 18.3. The van der Waals surface area contributed by atoms with Gasteiger partial charge in [0.2, 0.25) is 0 Å². The van der Waals surface area contributed by atoms with Crippen LogP contribution in [-0.2, 0) is 6.61 Å². The highest BCUT2D eigenvalue weighted by atomic mass is 16.5. The van der Waals surface area contributed by atoms with Crippen LogP contribution in [0, 0.1) is 5.92 Å². The first-order valence-corrected chi connectivity index (χ1v) is 9.19. The maximum absolute atomic E-state index is 12.4. The summed E-state index contributed by atoms with van der Waals surface area (Å²) in [5, 5.41) is 3.07. The average Bonchev–Trinajstić information content (AvgIpc) is 3.51. The standard InChI is InChI=1S/C21H27N3O2/c1-15(23-21(25)24(3)16(2)19-6-7-19)18-8-10-20(11-9-18)26-14-17-5-4-12-22-13-17/h4-5,8-13,15-16,19H,6-7,14H2,1-3H3,(H,23,25). The Bertz CT molecular complexity index is 714. The van der Waals surface area contributed by atoms with Gasteiger partial charge in [-0.05, 0) is 56.4 Å². The van der Waals surface area contributed by atoms with Crippen LogP contribution in [0.4, 0.5) is 4.79 Å². The molecule has 2 atom stereocenters. The summed E-state index contributed by atoms with van der Waals surface area (Å²) in [6.45, 7) is 4.61. The molecule has 138 valence electrons. The summed E-state index contributed by atoms with van der Waals surface area (Å²) < 4.78 is 5.78. The summed E-state index contributed by atoms with van der Waals surface area (Å²) in [5.41, 5.74) is 2.09. The number of hydrogen-bond donors (Lipinski definition) is 1. The van der Waals surface area contributed by atoms with Crippen molar-refractivity contribution >= 4 is 6.03 Å². The first kappa shape index (κ1) is 18.2. The van der Waals surface area contributed by atoms with Crippen LogP contribution in [0.1, 0.15) is 43.9 Å². The number of amides is 2. The van der Waals surface area contributed by atoms with Crippen molar-refractivity contribution in [1.29, 1.82) is 0 Å². The second-order valence-electron chi connectivity index (χ2n) is 7.08. The third-order valence-corrected chi connectivity index (χ3v) is 5.08. The highest BCUT2D eigenvalue weighted by molar-refractivity contribution is 5.74. The molecule has 1 saturated carbocycles. The lowest BCUT2D eigenvalue weighted by Gasteiger charge is -2.27. The maximum atomic E-state index is 12.4. The third kappa shape index (κ3) is 4.75. The van der Waals surface area contributed by atoms with E-state index in [2.05, 4.69) is 17.2 Å². The Morgan fingerprint density at radius 2 is 2.00 bits per heavy atom. The highest BCUT2D eigenvalue weighted by Gasteiger charge is 2.32. The molecule has 1 N–H and O–H groups in total. The molecule has 1 aliphatic rings. The van der Waals surface area contributed by atoms with E-state index in [1.807, 2.05) is 55.3 Å². The van der Waals surface area contributed by atoms with Crippen molar-refractivity contribution in [2.45, 2.75) is 45.4 Å². The molecule has 1 fully saturated rings. The lowest BCUT2D eigenvalue weighted by molar-refractivity contribution is 0.185. The summed E-state index contributed by atoms with van der Waals surface area (Å²) >= 11 is 0. The van der Waals surface area contributed by atoms with Gasteiger partial charge in [0.05, 0.1) is 6.04 Å². The highest BCUT2D eigenvalue weighted by Crippen LogP contribution is 2.34. The second-order valence-corrected chi connectivity index (χ2v) is 7.08. The molecular formula is C21H27N3O2. The number of hydrogen-bond acceptors (Lipinski definition) is 3. The van der Waals surface area contributed by atoms with E-state index in [1.165, 1.54) is 12.8 Å². The molecule has 2 aromatic rings. The molecule has 5 heteroatoms. The number of benzene rings is 1. The van der Waals surface area contributed by atoms with E-state index in [9.17, 15) is 4.79 Å². The third-order valence-electron chi connectivity index (χ3n) is 5.08. The lowest BCUT2D eigenvalue weighted by atomic mass is 10.1. The van der Waals surface area contributed by atoms with Crippen LogP contribution in [0.5, 0.6) is 5.75 Å². The second kappa shape index (κ2) is 8.21. The predicted octanol–water partition coefficient (Wildman–Crippen LogP) is 4.16. The number of urea groups is 1. The first-order chi connectivity index (χ1) is 12.5. The van der Waals surface area contributed by atoms with Crippen LogP contribution in [0.3, 0.4) is 0 Å². The fourth-order valence-electron chi connectivity index (χ4n) is 2.95. The van der Waals surface area contributed by atoms with E-state index in [1.54, 1.807) is 12.4 Å². The Morgan fingerprint density at radius 1 is 1.27 bits per heavy atom. The molecule has 2 amide bonds. The predicted molar refractivity (Wildman–Crippen MR) is 102 cm³/mol. The largest absolute Gasteiger partial charge is 0.489 e. The molecule has 5 nitrogen and oxygen atoms in total. The van der Waals surface area contributed by atoms with Crippen LogP contribution in [0.15, 0.2) is 48.8 Å². The van der Waals surface area contributed by atoms with Crippen LogP contribution in [-0.4, -0.2) is 29.0 Å². The van der Waals surface area contributed by atoms with Gasteiger partial charge in [-0.25, -0.2) is 4.79 Å². The summed E-state index contributed by atoms with van der Waals surface area (Å²) in [7, 11) is 1.88. The van der Waals surface area contributed by atoms with Gasteiger partial charge >= 0.3 is 6.03 Å². The smallest absolute Gasteiger partial charge is 0.317 e. The van der Waals surface area contributed by atoms with Crippen LogP contribution < -0.4 is 10.1 Å². The van der Waals surface area contributed by atoms with Gasteiger partial charge in [0.25, 0.3) is 0 Å². The first-order valence-electron chi connectivity index (χ1n) is 9.19. The van der Waals surface area contributed by atoms with E-state index >= 15 is 0 Å². The number of carbonyl (C=O) groups excluding carboxylic acids is 1. The maximum Gasteiger partial charge on any atom is 0.317 e. The normalized spacial score (nSPS) is 15.8. The van der Waals surface area contributed by atoms with Crippen molar-refractivity contribution in [3.63, 3.8) is 0 Å². The molecule has 1 aliphatic carbocycles. The van der Waals surface area contributed by atoms with Gasteiger partial charge in [0.1, 0.15) is 12.4 Å². The molecule has 26 heavy (non-hydrogen) atoms. The molecule has 2 unspecified atom stereocenters. The van der Waals surface area contributed by atoms with Crippen molar-refractivity contribution < 1.29 is 9.53 Å². The summed E-state index contributed by atoms with van der Waals surface area (Å²) in [6.07, 6.45) is 6.01. The topological polar surface area (TPSA) is 54.5 Å². The average molecular weight is 353 g/mol. The van der Waals surface area contributed by atoms with Crippen molar-refractivity contribution in [3.8, 4) is 5.75 Å². The van der Waals surface area contributed by atoms with Gasteiger partial charge < -0.3 is 15.0 Å². The zero-order chi connectivity index (χ0) is 18.5. The Hall–Kier alpha value is -2.56. The molecule has 0 bridgehead atoms. The van der Waals surface area contributed by atoms with Crippen molar-refractivity contribution in [3.05, 3.63) is 59.9 Å². The Balaban J connectivity index is 1.51. The monoisotopic (exact) mass is 353 g/mol. The zero-order valence-electron chi connectivity index (χ0n) is 15.7. The molecule has 0 spiro atoms. The van der Waals surface area contributed by atoms with E-state index in [4.69, 9.17) is 4.74 Å². The fourth-order valence-corrected chi connectivity index (χ4v) is 2.95. The molecule has 0 saturated heterocycles. The van der Waals surface area contributed by atoms with Crippen molar-refractivity contribution in [2.24, 2.45) is 5.92 Å². The lowest BCUT2D eigenvalue weighted by Crippen LogP contribution is -2.44. The number of nitrogens with one attached hydrogen (secondary N) is 1. The minimum Gasteiger partial charge on any atom is -0.489 e. The molecule has 1 aromatic heterocycles. The minimum atomic E-state index is -0.0521. The van der Waals surface area contributed by atoms with Crippen molar-refractivity contribution in [2.75, 3.05) is 7.05 Å². The molecule has 0 radical (unpaired) electrons. The zero-order valence-corrected chi connectivity index (χ0v) is 15.7. The number of nitrogens with zero attached hydrogens (tertiary/aromatic N) is 2. The van der Waals surface area contributed by atoms with E-state index in [0.29, 0.717) is 18.6 Å². The van der Waals surface area contributed by atoms with Gasteiger partial charge in [-0.2, -0.15) is 0 Å². The van der Waals surface area contributed by atoms with E-state index in [-0.39, 0.29) is 12.1 Å². The van der Waals surface area contributed by atoms with E-state index in [0.717, 1.165) is 16.9 Å². The number of carbonyl (C=O) groups is 1. The van der Waals surface area contributed by atoms with Crippen molar-refractivity contribution in [1.82, 2.24) is 15.2 Å². The SMILES string of the molecule is CC(NC(=O)N(C)C(C)C1CC1)c1ccc(OCc2cccnc2)cc1. The quantitative estimate of drug-likeness (QED) is 0.813. The van der Waals surface area contributed by atoms with Crippen LogP contribution in [0.25, 0.3) is 0 Å². The Morgan fingerprint density at radius 3 is 2.62 bits per heavy atom. The number of ether oxygens (including phenoxy) is 1. The van der Waals surface area contributed by atoms with Gasteiger partial charge in [0.15, 0.2) is 0 Å². The van der Waals surface area contributed by atoms with Gasteiger partial charge in [-0.1, -0.05) is 18.2 Å². The van der Waals surface area contributed by atoms with Gasteiger partial charge in [-0.3, -0.25) is 4.98 Å². The van der Waals surface area contributed by atoms with Gasteiger partial charge in [0, 0.05) is 31.0 Å². The summed E-state index contributed by atoms with van der Waals surface area (Å²) in [5.74, 6) is 1.47. The molecule has 1 heterocycles. The van der Waals surface area contributed by atoms with E-state index < -0.39 is 0 Å². The fraction of sp³-hybridized carbons (Fsp3) is 0.429. The van der Waals surface area contributed by atoms with Gasteiger partial charge in [-0.15, -0.1) is 0 Å². The molecule has 0 aliphatic heterocycles. The Kier molecular flexibility index (Phi) is 5.76. The van der Waals surface area contributed by atoms with Crippen LogP contribution in [0.2, 0.25) is 0 Å². The molecule has 1 aromatic carbocycles. The molecular weight excluding hydrogens is 326 g/mol. The Labute approximate surface area is 155 Å². The number of aromatic nitrogens is 1. The minimum absolute atomic E-state index is 0.0196. The number of pyridine rings is 1.